The first kappa shape index (κ1) is 8.85. The lowest BCUT2D eigenvalue weighted by Crippen LogP contribution is -2.38. The quantitative estimate of drug-likeness (QED) is 0.723. The van der Waals surface area contributed by atoms with E-state index in [2.05, 4.69) is 5.32 Å². The predicted molar refractivity (Wildman–Crippen MR) is 49.4 cm³/mol. The van der Waals surface area contributed by atoms with Gasteiger partial charge in [-0.25, -0.2) is 4.79 Å². The molecule has 1 amide bonds. The first-order valence-corrected chi connectivity index (χ1v) is 5.24. The molecular weight excluding hydrogens is 166 g/mol. The molecular formula is C10H17NO2. The molecule has 2 aliphatic rings. The third-order valence-electron chi connectivity index (χ3n) is 2.82. The SMILES string of the molecule is CCOC(=O)NC(C1CC1)C1CC1. The van der Waals surface area contributed by atoms with Crippen LogP contribution in [0.4, 0.5) is 4.79 Å². The molecule has 74 valence electrons. The molecule has 0 atom stereocenters. The van der Waals surface area contributed by atoms with E-state index in [0.717, 1.165) is 11.8 Å². The lowest BCUT2D eigenvalue weighted by atomic mass is 10.1. The molecule has 2 rings (SSSR count). The van der Waals surface area contributed by atoms with Gasteiger partial charge in [0.2, 0.25) is 0 Å². The van der Waals surface area contributed by atoms with Gasteiger partial charge in [0, 0.05) is 6.04 Å². The summed E-state index contributed by atoms with van der Waals surface area (Å²) in [6.07, 6.45) is 4.91. The molecule has 0 aromatic carbocycles. The van der Waals surface area contributed by atoms with Gasteiger partial charge in [-0.3, -0.25) is 0 Å². The lowest BCUT2D eigenvalue weighted by Gasteiger charge is -2.16. The van der Waals surface area contributed by atoms with E-state index in [0.29, 0.717) is 12.6 Å². The van der Waals surface area contributed by atoms with Crippen LogP contribution in [0.1, 0.15) is 32.6 Å². The van der Waals surface area contributed by atoms with E-state index >= 15 is 0 Å². The normalized spacial score (nSPS) is 21.7. The molecule has 0 aromatic rings. The van der Waals surface area contributed by atoms with Crippen molar-refractivity contribution in [3.8, 4) is 0 Å². The smallest absolute Gasteiger partial charge is 0.407 e. The maximum Gasteiger partial charge on any atom is 0.407 e. The van der Waals surface area contributed by atoms with Gasteiger partial charge in [-0.1, -0.05) is 0 Å². The molecule has 0 bridgehead atoms. The van der Waals surface area contributed by atoms with Crippen molar-refractivity contribution >= 4 is 6.09 Å². The highest BCUT2D eigenvalue weighted by Gasteiger charge is 2.42. The monoisotopic (exact) mass is 183 g/mol. The Kier molecular flexibility index (Phi) is 2.42. The van der Waals surface area contributed by atoms with Gasteiger partial charge in [-0.2, -0.15) is 0 Å². The predicted octanol–water partition coefficient (Wildman–Crippen LogP) is 1.92. The summed E-state index contributed by atoms with van der Waals surface area (Å²) in [5.41, 5.74) is 0. The molecule has 0 aliphatic heterocycles. The zero-order valence-corrected chi connectivity index (χ0v) is 8.08. The number of amides is 1. The highest BCUT2D eigenvalue weighted by Crippen LogP contribution is 2.44. The molecule has 0 saturated heterocycles. The Balaban J connectivity index is 1.78. The topological polar surface area (TPSA) is 38.3 Å². The largest absolute Gasteiger partial charge is 0.450 e. The van der Waals surface area contributed by atoms with Gasteiger partial charge in [0.05, 0.1) is 6.61 Å². The van der Waals surface area contributed by atoms with Crippen molar-refractivity contribution in [1.82, 2.24) is 5.32 Å². The molecule has 0 aromatic heterocycles. The van der Waals surface area contributed by atoms with Gasteiger partial charge < -0.3 is 10.1 Å². The van der Waals surface area contributed by atoms with Crippen LogP contribution in [0.2, 0.25) is 0 Å². The Morgan fingerprint density at radius 2 is 1.92 bits per heavy atom. The zero-order chi connectivity index (χ0) is 9.26. The van der Waals surface area contributed by atoms with Gasteiger partial charge in [0.1, 0.15) is 0 Å². The summed E-state index contributed by atoms with van der Waals surface area (Å²) in [6, 6.07) is 0.416. The van der Waals surface area contributed by atoms with Crippen LogP contribution in [-0.4, -0.2) is 18.7 Å². The van der Waals surface area contributed by atoms with E-state index in [-0.39, 0.29) is 6.09 Å². The third kappa shape index (κ3) is 2.36. The van der Waals surface area contributed by atoms with Crippen LogP contribution in [0.15, 0.2) is 0 Å². The van der Waals surface area contributed by atoms with Crippen molar-refractivity contribution in [2.75, 3.05) is 6.61 Å². The molecule has 1 N–H and O–H groups in total. The van der Waals surface area contributed by atoms with Crippen molar-refractivity contribution in [2.45, 2.75) is 38.6 Å². The summed E-state index contributed by atoms with van der Waals surface area (Å²) >= 11 is 0. The molecule has 2 aliphatic carbocycles. The van der Waals surface area contributed by atoms with Gasteiger partial charge >= 0.3 is 6.09 Å². The number of ether oxygens (including phenoxy) is 1. The van der Waals surface area contributed by atoms with E-state index in [4.69, 9.17) is 4.74 Å². The van der Waals surface area contributed by atoms with Crippen molar-refractivity contribution in [1.29, 1.82) is 0 Å². The van der Waals surface area contributed by atoms with Gasteiger partial charge in [0.25, 0.3) is 0 Å². The highest BCUT2D eigenvalue weighted by molar-refractivity contribution is 5.67. The van der Waals surface area contributed by atoms with E-state index in [1.54, 1.807) is 0 Å². The minimum atomic E-state index is -0.230. The average Bonchev–Trinajstić information content (AvgIpc) is 2.95. The highest BCUT2D eigenvalue weighted by atomic mass is 16.5. The van der Waals surface area contributed by atoms with Crippen molar-refractivity contribution < 1.29 is 9.53 Å². The number of carbonyl (C=O) groups is 1. The number of hydrogen-bond acceptors (Lipinski definition) is 2. The second-order valence-corrected chi connectivity index (χ2v) is 4.07. The van der Waals surface area contributed by atoms with E-state index in [9.17, 15) is 4.79 Å². The molecule has 3 nitrogen and oxygen atoms in total. The fraction of sp³-hybridized carbons (Fsp3) is 0.900. The van der Waals surface area contributed by atoms with E-state index in [1.165, 1.54) is 25.7 Å². The molecule has 3 heteroatoms. The summed E-state index contributed by atoms with van der Waals surface area (Å²) < 4.78 is 4.88. The number of rotatable bonds is 4. The second kappa shape index (κ2) is 3.56. The Morgan fingerprint density at radius 1 is 1.38 bits per heavy atom. The van der Waals surface area contributed by atoms with Crippen LogP contribution in [0.5, 0.6) is 0 Å². The molecule has 2 saturated carbocycles. The minimum Gasteiger partial charge on any atom is -0.450 e. The van der Waals surface area contributed by atoms with Crippen LogP contribution in [0.3, 0.4) is 0 Å². The van der Waals surface area contributed by atoms with Crippen LogP contribution < -0.4 is 5.32 Å². The molecule has 2 fully saturated rings. The average molecular weight is 183 g/mol. The number of carbonyl (C=O) groups excluding carboxylic acids is 1. The Hall–Kier alpha value is -0.730. The molecule has 0 radical (unpaired) electrons. The second-order valence-electron chi connectivity index (χ2n) is 4.07. The van der Waals surface area contributed by atoms with E-state index in [1.807, 2.05) is 6.92 Å². The van der Waals surface area contributed by atoms with E-state index < -0.39 is 0 Å². The van der Waals surface area contributed by atoms with Gasteiger partial charge in [-0.05, 0) is 44.4 Å². The Bertz CT molecular complexity index is 185. The van der Waals surface area contributed by atoms with Crippen LogP contribution in [0.25, 0.3) is 0 Å². The summed E-state index contributed by atoms with van der Waals surface area (Å²) in [6.45, 7) is 2.30. The molecule has 0 spiro atoms. The summed E-state index contributed by atoms with van der Waals surface area (Å²) in [7, 11) is 0. The number of alkyl carbamates (subject to hydrolysis) is 1. The molecule has 0 unspecified atom stereocenters. The standard InChI is InChI=1S/C10H17NO2/c1-2-13-10(12)11-9(7-3-4-7)8-5-6-8/h7-9H,2-6H2,1H3,(H,11,12). The van der Waals surface area contributed by atoms with Crippen molar-refractivity contribution in [2.24, 2.45) is 11.8 Å². The Morgan fingerprint density at radius 3 is 2.31 bits per heavy atom. The van der Waals surface area contributed by atoms with Crippen molar-refractivity contribution in [3.63, 3.8) is 0 Å². The van der Waals surface area contributed by atoms with Crippen LogP contribution in [0, 0.1) is 11.8 Å². The third-order valence-corrected chi connectivity index (χ3v) is 2.82. The molecule has 0 heterocycles. The maximum atomic E-state index is 11.2. The summed E-state index contributed by atoms with van der Waals surface area (Å²) in [5, 5.41) is 2.98. The van der Waals surface area contributed by atoms with Crippen LogP contribution in [-0.2, 0) is 4.74 Å². The maximum absolute atomic E-state index is 11.2. The fourth-order valence-electron chi connectivity index (χ4n) is 1.84. The summed E-state index contributed by atoms with van der Waals surface area (Å²) in [4.78, 5) is 11.2. The van der Waals surface area contributed by atoms with Gasteiger partial charge in [-0.15, -0.1) is 0 Å². The number of hydrogen-bond donors (Lipinski definition) is 1. The van der Waals surface area contributed by atoms with Crippen molar-refractivity contribution in [3.05, 3.63) is 0 Å². The first-order chi connectivity index (χ1) is 6.31. The minimum absolute atomic E-state index is 0.230. The van der Waals surface area contributed by atoms with Crippen LogP contribution >= 0.6 is 0 Å². The summed E-state index contributed by atoms with van der Waals surface area (Å²) in [5.74, 6) is 1.49. The Labute approximate surface area is 78.8 Å². The fourth-order valence-corrected chi connectivity index (χ4v) is 1.84. The van der Waals surface area contributed by atoms with Gasteiger partial charge in [0.15, 0.2) is 0 Å². The molecule has 13 heavy (non-hydrogen) atoms. The zero-order valence-electron chi connectivity index (χ0n) is 8.08. The lowest BCUT2D eigenvalue weighted by molar-refractivity contribution is 0.145. The number of nitrogens with one attached hydrogen (secondary N) is 1. The first-order valence-electron chi connectivity index (χ1n) is 5.24.